The van der Waals surface area contributed by atoms with Crippen LogP contribution in [0.4, 0.5) is 9.93 Å². The fourth-order valence-electron chi connectivity index (χ4n) is 5.45. The predicted octanol–water partition coefficient (Wildman–Crippen LogP) is 2.23. The van der Waals surface area contributed by atoms with Gasteiger partial charge in [-0.15, -0.1) is 0 Å². The van der Waals surface area contributed by atoms with E-state index >= 15 is 0 Å². The van der Waals surface area contributed by atoms with Crippen molar-refractivity contribution in [3.63, 3.8) is 0 Å². The van der Waals surface area contributed by atoms with E-state index in [-0.39, 0.29) is 30.9 Å². The number of urea groups is 1. The lowest BCUT2D eigenvalue weighted by atomic mass is 9.99. The molecule has 2 saturated heterocycles. The molecule has 0 aliphatic carbocycles. The molecular weight excluding hydrogens is 506 g/mol. The van der Waals surface area contributed by atoms with Crippen molar-refractivity contribution in [3.05, 3.63) is 59.9 Å². The van der Waals surface area contributed by atoms with Crippen molar-refractivity contribution in [1.82, 2.24) is 30.1 Å². The maximum Gasteiger partial charge on any atom is 0.331 e. The number of para-hydroxylation sites is 1. The summed E-state index contributed by atoms with van der Waals surface area (Å²) in [5.41, 5.74) is 9.29. The van der Waals surface area contributed by atoms with Gasteiger partial charge >= 0.3 is 6.03 Å². The number of hydrogen-bond acceptors (Lipinski definition) is 8. The molecule has 2 aliphatic rings. The number of nitrogens with one attached hydrogen (secondary N) is 1. The van der Waals surface area contributed by atoms with Crippen LogP contribution in [0.1, 0.15) is 11.1 Å². The zero-order valence-corrected chi connectivity index (χ0v) is 21.8. The Morgan fingerprint density at radius 2 is 2.11 bits per heavy atom. The Hall–Kier alpha value is -4.16. The molecular formula is C26H27N7O4S. The minimum Gasteiger partial charge on any atom is -0.464 e. The molecule has 4 aromatic rings. The number of nitrogens with zero attached hydrogens (tertiary/aromatic N) is 5. The number of nitrogens with two attached hydrogens (primary N) is 1. The molecule has 0 saturated carbocycles. The fourth-order valence-corrected chi connectivity index (χ4v) is 6.23. The van der Waals surface area contributed by atoms with E-state index in [0.717, 1.165) is 32.3 Å². The largest absolute Gasteiger partial charge is 0.464 e. The summed E-state index contributed by atoms with van der Waals surface area (Å²) in [5, 5.41) is 7.13. The minimum absolute atomic E-state index is 0.00513. The highest BCUT2D eigenvalue weighted by molar-refractivity contribution is 7.22. The van der Waals surface area contributed by atoms with Crippen LogP contribution < -0.4 is 11.1 Å². The summed E-state index contributed by atoms with van der Waals surface area (Å²) >= 11 is 1.40. The SMILES string of the molecule is CNC(=O)N(C)N1CC(=O)N2C1CN(Cc1cccc3sc(N)nc13)C(=O)[C@@H]2Cc1ccc2occc2c1. The molecule has 3 N–H and O–H groups in total. The van der Waals surface area contributed by atoms with Gasteiger partial charge in [-0.1, -0.05) is 29.5 Å². The smallest absolute Gasteiger partial charge is 0.331 e. The number of carbonyl (C=O) groups is 3. The van der Waals surface area contributed by atoms with Gasteiger partial charge in [-0.2, -0.15) is 5.01 Å². The number of rotatable bonds is 5. The monoisotopic (exact) mass is 533 g/mol. The maximum absolute atomic E-state index is 14.0. The highest BCUT2D eigenvalue weighted by Gasteiger charge is 2.51. The number of fused-ring (bicyclic) bond motifs is 3. The van der Waals surface area contributed by atoms with Crippen molar-refractivity contribution >= 4 is 55.5 Å². The number of anilines is 1. The molecule has 0 radical (unpaired) electrons. The molecule has 2 atom stereocenters. The van der Waals surface area contributed by atoms with Gasteiger partial charge in [0.1, 0.15) is 17.8 Å². The summed E-state index contributed by atoms with van der Waals surface area (Å²) in [6.45, 7) is 0.566. The second-order valence-corrected chi connectivity index (χ2v) is 10.6. The molecule has 0 bridgehead atoms. The van der Waals surface area contributed by atoms with Gasteiger partial charge in [0.2, 0.25) is 11.8 Å². The Kier molecular flexibility index (Phi) is 5.92. The number of carbonyl (C=O) groups excluding carboxylic acids is 3. The number of hydrogen-bond donors (Lipinski definition) is 2. The number of furan rings is 1. The van der Waals surface area contributed by atoms with Crippen LogP contribution in [0.5, 0.6) is 0 Å². The summed E-state index contributed by atoms with van der Waals surface area (Å²) in [6.07, 6.45) is 1.47. The molecule has 196 valence electrons. The van der Waals surface area contributed by atoms with Crippen LogP contribution in [-0.4, -0.2) is 82.0 Å². The van der Waals surface area contributed by atoms with Gasteiger partial charge in [0.15, 0.2) is 5.13 Å². The van der Waals surface area contributed by atoms with Crippen LogP contribution in [-0.2, 0) is 22.6 Å². The number of benzene rings is 2. The lowest BCUT2D eigenvalue weighted by Gasteiger charge is -2.45. The molecule has 4 heterocycles. The summed E-state index contributed by atoms with van der Waals surface area (Å²) in [4.78, 5) is 47.7. The molecule has 0 spiro atoms. The summed E-state index contributed by atoms with van der Waals surface area (Å²) in [7, 11) is 3.16. The highest BCUT2D eigenvalue weighted by atomic mass is 32.1. The maximum atomic E-state index is 14.0. The van der Waals surface area contributed by atoms with E-state index in [4.69, 9.17) is 10.2 Å². The van der Waals surface area contributed by atoms with Crippen LogP contribution >= 0.6 is 11.3 Å². The number of thiazole rings is 1. The van der Waals surface area contributed by atoms with Crippen LogP contribution in [0.3, 0.4) is 0 Å². The van der Waals surface area contributed by atoms with E-state index in [2.05, 4.69) is 10.3 Å². The summed E-state index contributed by atoms with van der Waals surface area (Å²) in [6, 6.07) is 12.4. The van der Waals surface area contributed by atoms with Crippen molar-refractivity contribution in [1.29, 1.82) is 0 Å². The third-order valence-electron chi connectivity index (χ3n) is 7.29. The lowest BCUT2D eigenvalue weighted by Crippen LogP contribution is -2.65. The zero-order valence-electron chi connectivity index (χ0n) is 21.0. The lowest BCUT2D eigenvalue weighted by molar-refractivity contribution is -0.157. The molecule has 1 unspecified atom stereocenters. The molecule has 12 heteroatoms. The van der Waals surface area contributed by atoms with E-state index < -0.39 is 12.2 Å². The van der Waals surface area contributed by atoms with E-state index in [9.17, 15) is 14.4 Å². The van der Waals surface area contributed by atoms with E-state index in [0.29, 0.717) is 18.1 Å². The van der Waals surface area contributed by atoms with Crippen molar-refractivity contribution in [2.45, 2.75) is 25.2 Å². The second-order valence-electron chi connectivity index (χ2n) is 9.51. The molecule has 2 aliphatic heterocycles. The number of piperazine rings is 1. The normalized spacial score (nSPS) is 19.9. The number of aromatic nitrogens is 1. The summed E-state index contributed by atoms with van der Waals surface area (Å²) in [5.74, 6) is -0.339. The van der Waals surface area contributed by atoms with Crippen molar-refractivity contribution < 1.29 is 18.8 Å². The zero-order chi connectivity index (χ0) is 26.6. The van der Waals surface area contributed by atoms with E-state index in [1.165, 1.54) is 16.3 Å². The molecule has 6 rings (SSSR count). The highest BCUT2D eigenvalue weighted by Crippen LogP contribution is 2.32. The van der Waals surface area contributed by atoms with Crippen molar-refractivity contribution in [2.75, 3.05) is 32.9 Å². The number of nitrogen functional groups attached to an aromatic ring is 1. The number of hydrazine groups is 1. The van der Waals surface area contributed by atoms with Crippen molar-refractivity contribution in [2.24, 2.45) is 0 Å². The first-order chi connectivity index (χ1) is 18.3. The Labute approximate surface area is 222 Å². The standard InChI is InChI=1S/C26H27N7O4S/c1-28-26(36)30(2)32-14-22(34)33-18(11-15-6-7-19-16(10-15)8-9-37-19)24(35)31(13-21(32)33)12-17-4-3-5-20-23(17)29-25(27)38-20/h3-10,18,21H,11-14H2,1-2H3,(H2,27,29)(H,28,36)/t18-,21?/m0/s1. The molecule has 11 nitrogen and oxygen atoms in total. The molecule has 2 aromatic carbocycles. The van der Waals surface area contributed by atoms with Crippen LogP contribution in [0, 0.1) is 0 Å². The quantitative estimate of drug-likeness (QED) is 0.403. The number of amides is 4. The van der Waals surface area contributed by atoms with Crippen LogP contribution in [0.25, 0.3) is 21.2 Å². The van der Waals surface area contributed by atoms with Gasteiger partial charge in [0, 0.05) is 32.4 Å². The first-order valence-corrected chi connectivity index (χ1v) is 13.1. The molecule has 38 heavy (non-hydrogen) atoms. The second kappa shape index (κ2) is 9.30. The Bertz CT molecular complexity index is 1570. The first kappa shape index (κ1) is 24.2. The van der Waals surface area contributed by atoms with Crippen molar-refractivity contribution in [3.8, 4) is 0 Å². The van der Waals surface area contributed by atoms with Gasteiger partial charge < -0.3 is 25.3 Å². The molecule has 2 fully saturated rings. The molecule has 4 amide bonds. The Balaban J connectivity index is 1.37. The van der Waals surface area contributed by atoms with Gasteiger partial charge in [0.25, 0.3) is 0 Å². The van der Waals surface area contributed by atoms with Crippen LogP contribution in [0.15, 0.2) is 53.1 Å². The van der Waals surface area contributed by atoms with E-state index in [1.807, 2.05) is 42.5 Å². The summed E-state index contributed by atoms with van der Waals surface area (Å²) < 4.78 is 6.41. The Morgan fingerprint density at radius 1 is 1.26 bits per heavy atom. The Morgan fingerprint density at radius 3 is 2.92 bits per heavy atom. The van der Waals surface area contributed by atoms with Gasteiger partial charge in [-0.3, -0.25) is 14.6 Å². The predicted molar refractivity (Wildman–Crippen MR) is 143 cm³/mol. The minimum atomic E-state index is -0.728. The van der Waals surface area contributed by atoms with Crippen LogP contribution in [0.2, 0.25) is 0 Å². The van der Waals surface area contributed by atoms with Gasteiger partial charge in [-0.05, 0) is 35.4 Å². The average Bonchev–Trinajstić information content (AvgIpc) is 3.61. The average molecular weight is 534 g/mol. The topological polar surface area (TPSA) is 128 Å². The third-order valence-corrected chi connectivity index (χ3v) is 8.14. The third kappa shape index (κ3) is 4.02. The van der Waals surface area contributed by atoms with E-state index in [1.54, 1.807) is 35.2 Å². The fraction of sp³-hybridized carbons (Fsp3) is 0.308. The van der Waals surface area contributed by atoms with Gasteiger partial charge in [0.05, 0.1) is 29.6 Å². The molecule has 2 aromatic heterocycles. The first-order valence-electron chi connectivity index (χ1n) is 12.3. The van der Waals surface area contributed by atoms with Gasteiger partial charge in [-0.25, -0.2) is 9.78 Å².